The van der Waals surface area contributed by atoms with Gasteiger partial charge in [-0.25, -0.2) is 4.98 Å². The number of aromatic amines is 1. The average Bonchev–Trinajstić information content (AvgIpc) is 3.37. The lowest BCUT2D eigenvalue weighted by Crippen LogP contribution is -2.58. The van der Waals surface area contributed by atoms with Gasteiger partial charge in [0, 0.05) is 31.2 Å². The van der Waals surface area contributed by atoms with Crippen molar-refractivity contribution in [2.24, 2.45) is 5.73 Å². The van der Waals surface area contributed by atoms with Crippen molar-refractivity contribution in [1.82, 2.24) is 31.2 Å². The number of carboxylic acid groups (broad SMARTS) is 3. The summed E-state index contributed by atoms with van der Waals surface area (Å²) in [5, 5.41) is 36.1. The molecule has 216 valence electrons. The van der Waals surface area contributed by atoms with Crippen molar-refractivity contribution in [2.75, 3.05) is 0 Å². The summed E-state index contributed by atoms with van der Waals surface area (Å²) in [5.74, 6) is -7.23. The van der Waals surface area contributed by atoms with Gasteiger partial charge in [0.2, 0.25) is 23.6 Å². The summed E-state index contributed by atoms with van der Waals surface area (Å²) in [5.41, 5.74) is 6.03. The monoisotopic (exact) mass is 555 g/mol. The van der Waals surface area contributed by atoms with Crippen LogP contribution in [0.1, 0.15) is 45.2 Å². The molecule has 39 heavy (non-hydrogen) atoms. The lowest BCUT2D eigenvalue weighted by atomic mass is 10.1. The first-order valence-electron chi connectivity index (χ1n) is 11.8. The number of nitrogens with two attached hydrogens (primary N) is 1. The van der Waals surface area contributed by atoms with Gasteiger partial charge in [-0.2, -0.15) is 0 Å². The molecule has 1 aromatic rings. The summed E-state index contributed by atoms with van der Waals surface area (Å²) in [6.07, 6.45) is 1.10. The molecule has 0 radical (unpaired) electrons. The van der Waals surface area contributed by atoms with Crippen molar-refractivity contribution in [3.63, 3.8) is 0 Å². The van der Waals surface area contributed by atoms with E-state index >= 15 is 0 Å². The Balaban J connectivity index is 2.98. The van der Waals surface area contributed by atoms with Crippen LogP contribution in [0.2, 0.25) is 0 Å². The number of carboxylic acids is 3. The number of H-pyrrole nitrogens is 1. The zero-order valence-electron chi connectivity index (χ0n) is 21.3. The first-order valence-corrected chi connectivity index (χ1v) is 11.8. The number of nitrogens with one attached hydrogen (secondary N) is 5. The quantitative estimate of drug-likeness (QED) is 0.0934. The van der Waals surface area contributed by atoms with Gasteiger partial charge in [-0.05, 0) is 26.7 Å². The molecule has 17 heteroatoms. The second kappa shape index (κ2) is 15.7. The van der Waals surface area contributed by atoms with E-state index in [4.69, 9.17) is 21.1 Å². The SMILES string of the molecule is C[C@H](NC(=O)[C@H](Cc1cnc[nH]1)NC(=O)[C@H](CCC(=O)O)NC(=O)[C@H](C)NC(=O)[C@@H](N)CCC(=O)O)C(=O)O. The van der Waals surface area contributed by atoms with E-state index in [1.54, 1.807) is 0 Å². The van der Waals surface area contributed by atoms with Gasteiger partial charge in [-0.1, -0.05) is 0 Å². The van der Waals surface area contributed by atoms with Gasteiger partial charge in [0.15, 0.2) is 0 Å². The summed E-state index contributed by atoms with van der Waals surface area (Å²) in [7, 11) is 0. The van der Waals surface area contributed by atoms with Gasteiger partial charge < -0.3 is 47.3 Å². The second-order valence-corrected chi connectivity index (χ2v) is 8.67. The summed E-state index contributed by atoms with van der Waals surface area (Å²) < 4.78 is 0. The number of aliphatic carboxylic acids is 3. The van der Waals surface area contributed by atoms with Crippen LogP contribution in [0.15, 0.2) is 12.5 Å². The minimum absolute atomic E-state index is 0.135. The van der Waals surface area contributed by atoms with Crippen molar-refractivity contribution in [3.05, 3.63) is 18.2 Å². The van der Waals surface area contributed by atoms with Crippen LogP contribution < -0.4 is 27.0 Å². The number of amides is 4. The van der Waals surface area contributed by atoms with Gasteiger partial charge in [-0.15, -0.1) is 0 Å². The molecule has 0 bridgehead atoms. The zero-order chi connectivity index (χ0) is 29.7. The Morgan fingerprint density at radius 1 is 0.795 bits per heavy atom. The molecule has 0 spiro atoms. The minimum atomic E-state index is -1.46. The fourth-order valence-electron chi connectivity index (χ4n) is 3.10. The Hall–Kier alpha value is -4.54. The first-order chi connectivity index (χ1) is 18.2. The largest absolute Gasteiger partial charge is 0.481 e. The van der Waals surface area contributed by atoms with Crippen LogP contribution in [0.5, 0.6) is 0 Å². The summed E-state index contributed by atoms with van der Waals surface area (Å²) in [6.45, 7) is 2.49. The number of nitrogens with zero attached hydrogens (tertiary/aromatic N) is 1. The predicted octanol–water partition coefficient (Wildman–Crippen LogP) is -2.93. The molecular weight excluding hydrogens is 522 g/mol. The number of carbonyl (C=O) groups excluding carboxylic acids is 4. The molecule has 0 saturated carbocycles. The van der Waals surface area contributed by atoms with Gasteiger partial charge in [0.25, 0.3) is 0 Å². The van der Waals surface area contributed by atoms with Gasteiger partial charge in [0.05, 0.1) is 12.4 Å². The zero-order valence-corrected chi connectivity index (χ0v) is 21.3. The minimum Gasteiger partial charge on any atom is -0.481 e. The molecule has 0 aromatic carbocycles. The maximum absolute atomic E-state index is 13.1. The molecule has 1 rings (SSSR count). The topological polar surface area (TPSA) is 283 Å². The molecule has 0 fully saturated rings. The summed E-state index contributed by atoms with van der Waals surface area (Å²) >= 11 is 0. The Labute approximate surface area is 222 Å². The smallest absolute Gasteiger partial charge is 0.325 e. The average molecular weight is 556 g/mol. The number of aromatic nitrogens is 2. The van der Waals surface area contributed by atoms with E-state index in [9.17, 15) is 33.6 Å². The highest BCUT2D eigenvalue weighted by Crippen LogP contribution is 2.05. The first kappa shape index (κ1) is 32.5. The molecular formula is C22H33N7O10. The molecule has 5 atom stereocenters. The third kappa shape index (κ3) is 12.0. The molecule has 17 nitrogen and oxygen atoms in total. The molecule has 1 aromatic heterocycles. The normalized spacial score (nSPS) is 14.5. The molecule has 1 heterocycles. The van der Waals surface area contributed by atoms with E-state index in [1.807, 2.05) is 0 Å². The molecule has 0 aliphatic carbocycles. The fourth-order valence-corrected chi connectivity index (χ4v) is 3.10. The van der Waals surface area contributed by atoms with Crippen LogP contribution in [0.4, 0.5) is 0 Å². The van der Waals surface area contributed by atoms with Crippen LogP contribution in [0.25, 0.3) is 0 Å². The van der Waals surface area contributed by atoms with Crippen LogP contribution in [0.3, 0.4) is 0 Å². The Bertz CT molecular complexity index is 1050. The Kier molecular flexibility index (Phi) is 13.0. The molecule has 0 aliphatic rings. The molecule has 4 amide bonds. The van der Waals surface area contributed by atoms with E-state index in [2.05, 4.69) is 31.2 Å². The third-order valence-corrected chi connectivity index (χ3v) is 5.38. The van der Waals surface area contributed by atoms with Crippen molar-refractivity contribution >= 4 is 41.5 Å². The lowest BCUT2D eigenvalue weighted by molar-refractivity contribution is -0.141. The van der Waals surface area contributed by atoms with E-state index in [1.165, 1.54) is 26.4 Å². The highest BCUT2D eigenvalue weighted by molar-refractivity contribution is 5.95. The molecule has 10 N–H and O–H groups in total. The van der Waals surface area contributed by atoms with Crippen LogP contribution >= 0.6 is 0 Å². The predicted molar refractivity (Wildman–Crippen MR) is 131 cm³/mol. The maximum Gasteiger partial charge on any atom is 0.325 e. The molecule has 0 aliphatic heterocycles. The van der Waals surface area contributed by atoms with Gasteiger partial charge >= 0.3 is 17.9 Å². The highest BCUT2D eigenvalue weighted by atomic mass is 16.4. The maximum atomic E-state index is 13.1. The number of hydrogen-bond donors (Lipinski definition) is 9. The van der Waals surface area contributed by atoms with Crippen LogP contribution in [-0.2, 0) is 40.0 Å². The third-order valence-electron chi connectivity index (χ3n) is 5.38. The number of carbonyl (C=O) groups is 7. The summed E-state index contributed by atoms with van der Waals surface area (Å²) in [4.78, 5) is 90.1. The Morgan fingerprint density at radius 2 is 1.33 bits per heavy atom. The Morgan fingerprint density at radius 3 is 1.87 bits per heavy atom. The van der Waals surface area contributed by atoms with Crippen LogP contribution in [-0.4, -0.2) is 97.0 Å². The highest BCUT2D eigenvalue weighted by Gasteiger charge is 2.30. The van der Waals surface area contributed by atoms with E-state index < -0.39 is 78.2 Å². The van der Waals surface area contributed by atoms with E-state index in [0.29, 0.717) is 5.69 Å². The van der Waals surface area contributed by atoms with Crippen LogP contribution in [0, 0.1) is 0 Å². The van der Waals surface area contributed by atoms with Crippen molar-refractivity contribution < 1.29 is 48.9 Å². The number of rotatable bonds is 17. The molecule has 0 unspecified atom stereocenters. The number of hydrogen-bond acceptors (Lipinski definition) is 9. The summed E-state index contributed by atoms with van der Waals surface area (Å²) in [6, 6.07) is -6.52. The van der Waals surface area contributed by atoms with E-state index in [-0.39, 0.29) is 25.7 Å². The van der Waals surface area contributed by atoms with E-state index in [0.717, 1.165) is 0 Å². The fraction of sp³-hybridized carbons (Fsp3) is 0.545. The lowest BCUT2D eigenvalue weighted by Gasteiger charge is -2.25. The van der Waals surface area contributed by atoms with Crippen molar-refractivity contribution in [2.45, 2.75) is 76.2 Å². The van der Waals surface area contributed by atoms with Gasteiger partial charge in [-0.3, -0.25) is 33.6 Å². The van der Waals surface area contributed by atoms with Gasteiger partial charge in [0.1, 0.15) is 24.2 Å². The van der Waals surface area contributed by atoms with Crippen molar-refractivity contribution in [3.8, 4) is 0 Å². The molecule has 0 saturated heterocycles. The standard InChI is InChI=1S/C22H33N7O10/c1-10(26-19(35)13(23)3-5-16(30)31)18(34)28-14(4-6-17(32)33)20(36)29-15(7-12-8-24-9-25-12)21(37)27-11(2)22(38)39/h8-11,13-15H,3-7,23H2,1-2H3,(H,24,25)(H,26,35)(H,27,37)(H,28,34)(H,29,36)(H,30,31)(H,32,33)(H,38,39)/t10-,11-,13-,14-,15-/m0/s1. The van der Waals surface area contributed by atoms with Crippen molar-refractivity contribution in [1.29, 1.82) is 0 Å². The number of imidazole rings is 1. The second-order valence-electron chi connectivity index (χ2n) is 8.67.